The number of rotatable bonds is 44. The minimum atomic E-state index is -1.20. The number of nitrogens with zero attached hydrogens (tertiary/aromatic N) is 1. The van der Waals surface area contributed by atoms with Gasteiger partial charge in [-0.3, -0.25) is 0 Å². The van der Waals surface area contributed by atoms with Gasteiger partial charge in [0.1, 0.15) is 34.8 Å². The maximum Gasteiger partial charge on any atom is 0.346 e. The van der Waals surface area contributed by atoms with Crippen LogP contribution in [-0.4, -0.2) is 23.9 Å². The zero-order valence-electron chi connectivity index (χ0n) is 55.9. The summed E-state index contributed by atoms with van der Waals surface area (Å²) < 4.78 is 52.7. The van der Waals surface area contributed by atoms with Crippen molar-refractivity contribution >= 4 is 23.9 Å². The van der Waals surface area contributed by atoms with E-state index in [1.807, 2.05) is 30.3 Å². The molecule has 7 aromatic rings. The number of hydrogen-bond acceptors (Lipinski definition) is 9. The number of unbranched alkanes of at least 4 members (excludes halogenated alkanes) is 30. The number of benzene rings is 7. The number of carbonyl (C=O) groups excluding carboxylic acids is 4. The lowest BCUT2D eigenvalue weighted by Crippen LogP contribution is -2.15. The van der Waals surface area contributed by atoms with E-state index in [9.17, 15) is 24.4 Å². The molecule has 0 aliphatic rings. The highest BCUT2D eigenvalue weighted by Crippen LogP contribution is 2.32. The van der Waals surface area contributed by atoms with E-state index < -0.39 is 52.2 Å². The van der Waals surface area contributed by atoms with E-state index in [0.29, 0.717) is 0 Å². The van der Waals surface area contributed by atoms with E-state index in [-0.39, 0.29) is 34.1 Å². The van der Waals surface area contributed by atoms with E-state index in [1.54, 1.807) is 24.3 Å². The Labute approximate surface area is 559 Å². The third-order valence-corrected chi connectivity index (χ3v) is 17.7. The largest absolute Gasteiger partial charge is 0.423 e. The normalized spacial score (nSPS) is 11.1. The minimum Gasteiger partial charge on any atom is -0.423 e. The molecule has 0 radical (unpaired) electrons. The van der Waals surface area contributed by atoms with Crippen LogP contribution < -0.4 is 18.9 Å². The Hall–Kier alpha value is -8.23. The molecular weight excluding hydrogens is 1180 g/mol. The number of aryl methyl sites for hydroxylation is 2. The van der Waals surface area contributed by atoms with Gasteiger partial charge in [-0.15, -0.1) is 0 Å². The average molecular weight is 1280 g/mol. The molecule has 0 aromatic heterocycles. The SMILES string of the molecule is CCCCCCCCCCCCCCCCCCc1ccc(-c2ccc(C(=O)Oc3ccc(C(=O)Oc4cccc(OC(=O)c5ccc(OC(=O)c6ccc(-c7ccc(CCCCCCCCCCCCCCCCCC)cc7)cc6)cc5F)c4C#N)c(F)c3)cc2)cc1. The summed E-state index contributed by atoms with van der Waals surface area (Å²) >= 11 is 0. The molecule has 7 rings (SSSR count). The summed E-state index contributed by atoms with van der Waals surface area (Å²) in [4.78, 5) is 52.8. The van der Waals surface area contributed by atoms with Gasteiger partial charge in [0, 0.05) is 12.1 Å². The Kier molecular flexibility index (Phi) is 32.8. The summed E-state index contributed by atoms with van der Waals surface area (Å²) in [6.45, 7) is 4.54. The maximum absolute atomic E-state index is 15.5. The molecule has 94 heavy (non-hydrogen) atoms. The topological polar surface area (TPSA) is 129 Å². The Balaban J connectivity index is 0.787. The van der Waals surface area contributed by atoms with Crippen LogP contribution in [0.2, 0.25) is 0 Å². The van der Waals surface area contributed by atoms with Crippen molar-refractivity contribution in [1.82, 2.24) is 0 Å². The molecule has 0 heterocycles. The molecule has 9 nitrogen and oxygen atoms in total. The maximum atomic E-state index is 15.5. The zero-order valence-corrected chi connectivity index (χ0v) is 55.9. The summed E-state index contributed by atoms with van der Waals surface area (Å²) in [6.07, 6.45) is 45.2. The van der Waals surface area contributed by atoms with Gasteiger partial charge in [0.25, 0.3) is 0 Å². The third-order valence-electron chi connectivity index (χ3n) is 17.7. The second-order valence-corrected chi connectivity index (χ2v) is 25.2. The standard InChI is InChI=1S/C83H99F2NO8/c1-3-5-7-9-11-13-15-17-19-21-23-25-27-29-31-33-36-63-40-44-65(45-41-63)67-48-52-69(53-49-67)80(87)91-71-56-58-73(76(84)60-71)82(89)93-78-38-35-39-79(75(78)62-86)94-83(90)74-59-57-72(61-77(74)85)92-81(88)70-54-50-68(51-55-70)66-46-42-64(43-47-66)37-34-32-30-28-26-24-22-20-18-16-14-12-10-8-6-4-2/h35,38-61H,3-34,36-37H2,1-2H3. The predicted molar refractivity (Wildman–Crippen MR) is 374 cm³/mol. The fourth-order valence-corrected chi connectivity index (χ4v) is 12.0. The Morgan fingerprint density at radius 1 is 0.330 bits per heavy atom. The molecule has 0 N–H and O–H groups in total. The first-order valence-electron chi connectivity index (χ1n) is 35.4. The quantitative estimate of drug-likeness (QED) is 0.0208. The Bertz CT molecular complexity index is 3220. The van der Waals surface area contributed by atoms with E-state index in [0.717, 1.165) is 59.4 Å². The van der Waals surface area contributed by atoms with Crippen LogP contribution in [0.4, 0.5) is 8.78 Å². The van der Waals surface area contributed by atoms with Crippen molar-refractivity contribution in [3.8, 4) is 51.3 Å². The molecular formula is C83H99F2NO8. The monoisotopic (exact) mass is 1280 g/mol. The molecule has 0 amide bonds. The van der Waals surface area contributed by atoms with Crippen molar-refractivity contribution in [1.29, 1.82) is 5.26 Å². The van der Waals surface area contributed by atoms with Crippen molar-refractivity contribution in [3.05, 3.63) is 202 Å². The molecule has 0 spiro atoms. The Morgan fingerprint density at radius 3 is 0.883 bits per heavy atom. The summed E-state index contributed by atoms with van der Waals surface area (Å²) in [5, 5.41) is 10.1. The summed E-state index contributed by atoms with van der Waals surface area (Å²) in [5.74, 6) is -7.08. The van der Waals surface area contributed by atoms with Gasteiger partial charge in [-0.1, -0.05) is 285 Å². The zero-order chi connectivity index (χ0) is 66.4. The van der Waals surface area contributed by atoms with Crippen molar-refractivity contribution in [2.24, 2.45) is 0 Å². The minimum absolute atomic E-state index is 0.162. The summed E-state index contributed by atoms with van der Waals surface area (Å²) in [6, 6.07) is 42.7. The van der Waals surface area contributed by atoms with Gasteiger partial charge in [-0.2, -0.15) is 5.26 Å². The number of ether oxygens (including phenoxy) is 4. The van der Waals surface area contributed by atoms with Gasteiger partial charge >= 0.3 is 23.9 Å². The number of hydrogen-bond donors (Lipinski definition) is 0. The molecule has 0 saturated carbocycles. The van der Waals surface area contributed by atoms with Crippen molar-refractivity contribution < 1.29 is 46.9 Å². The molecule has 0 aliphatic heterocycles. The molecule has 11 heteroatoms. The van der Waals surface area contributed by atoms with E-state index in [2.05, 4.69) is 62.4 Å². The highest BCUT2D eigenvalue weighted by Gasteiger charge is 2.23. The van der Waals surface area contributed by atoms with E-state index in [4.69, 9.17) is 18.9 Å². The molecule has 0 fully saturated rings. The van der Waals surface area contributed by atoms with Crippen LogP contribution in [-0.2, 0) is 12.8 Å². The van der Waals surface area contributed by atoms with Crippen LogP contribution in [0.3, 0.4) is 0 Å². The van der Waals surface area contributed by atoms with Crippen LogP contribution in [0.25, 0.3) is 22.3 Å². The van der Waals surface area contributed by atoms with E-state index in [1.165, 1.54) is 247 Å². The summed E-state index contributed by atoms with van der Waals surface area (Å²) in [5.41, 5.74) is 5.46. The van der Waals surface area contributed by atoms with Crippen molar-refractivity contribution in [3.63, 3.8) is 0 Å². The average Bonchev–Trinajstić information content (AvgIpc) is 1.04. The van der Waals surface area contributed by atoms with Gasteiger partial charge < -0.3 is 18.9 Å². The van der Waals surface area contributed by atoms with Crippen molar-refractivity contribution in [2.45, 2.75) is 232 Å². The van der Waals surface area contributed by atoms with Gasteiger partial charge in [-0.25, -0.2) is 28.0 Å². The highest BCUT2D eigenvalue weighted by molar-refractivity contribution is 5.95. The molecule has 7 aromatic carbocycles. The fourth-order valence-electron chi connectivity index (χ4n) is 12.0. The second kappa shape index (κ2) is 42.2. The lowest BCUT2D eigenvalue weighted by molar-refractivity contribution is 0.0720. The van der Waals surface area contributed by atoms with Gasteiger partial charge in [0.2, 0.25) is 0 Å². The number of halogens is 2. The first-order chi connectivity index (χ1) is 46.0. The second-order valence-electron chi connectivity index (χ2n) is 25.2. The Morgan fingerprint density at radius 2 is 0.606 bits per heavy atom. The van der Waals surface area contributed by atoms with E-state index >= 15 is 8.78 Å². The summed E-state index contributed by atoms with van der Waals surface area (Å²) in [7, 11) is 0. The van der Waals surface area contributed by atoms with Gasteiger partial charge in [0.05, 0.1) is 22.3 Å². The fraction of sp³-hybridized carbons (Fsp3) is 0.434. The first kappa shape index (κ1) is 73.2. The van der Waals surface area contributed by atoms with Crippen LogP contribution in [0, 0.1) is 23.0 Å². The van der Waals surface area contributed by atoms with Gasteiger partial charge in [-0.05, 0) is 120 Å². The van der Waals surface area contributed by atoms with Crippen LogP contribution >= 0.6 is 0 Å². The molecule has 0 aliphatic carbocycles. The lowest BCUT2D eigenvalue weighted by atomic mass is 10.00. The number of nitriles is 1. The van der Waals surface area contributed by atoms with Crippen LogP contribution in [0.1, 0.15) is 277 Å². The molecule has 0 atom stereocenters. The molecule has 0 unspecified atom stereocenters. The smallest absolute Gasteiger partial charge is 0.346 e. The lowest BCUT2D eigenvalue weighted by Gasteiger charge is -2.12. The number of carbonyl (C=O) groups is 4. The molecule has 498 valence electrons. The third kappa shape index (κ3) is 25.6. The van der Waals surface area contributed by atoms with Gasteiger partial charge in [0.15, 0.2) is 11.5 Å². The predicted octanol–water partition coefficient (Wildman–Crippen LogP) is 23.7. The molecule has 0 saturated heterocycles. The highest BCUT2D eigenvalue weighted by atomic mass is 19.1. The molecule has 0 bridgehead atoms. The van der Waals surface area contributed by atoms with Crippen LogP contribution in [0.15, 0.2) is 152 Å². The van der Waals surface area contributed by atoms with Crippen LogP contribution in [0.5, 0.6) is 23.0 Å². The first-order valence-corrected chi connectivity index (χ1v) is 35.4. The van der Waals surface area contributed by atoms with Crippen molar-refractivity contribution in [2.75, 3.05) is 0 Å². The number of esters is 4.